The van der Waals surface area contributed by atoms with Crippen LogP contribution in [0.4, 0.5) is 0 Å². The number of hydrogen-bond donors (Lipinski definition) is 3. The molecule has 0 saturated heterocycles. The first-order chi connectivity index (χ1) is 14.0. The van der Waals surface area contributed by atoms with Crippen LogP contribution in [0.3, 0.4) is 0 Å². The lowest BCUT2D eigenvalue weighted by atomic mass is 9.91. The van der Waals surface area contributed by atoms with Crippen molar-refractivity contribution in [1.29, 1.82) is 0 Å². The highest BCUT2D eigenvalue weighted by atomic mass is 32.1. The molecule has 5 heteroatoms. The van der Waals surface area contributed by atoms with Gasteiger partial charge in [-0.25, -0.2) is 0 Å². The molecule has 1 heterocycles. The molecule has 0 fully saturated rings. The molecule has 0 bridgehead atoms. The first-order valence-electron chi connectivity index (χ1n) is 10.4. The molecule has 29 heavy (non-hydrogen) atoms. The van der Waals surface area contributed by atoms with Crippen molar-refractivity contribution in [1.82, 2.24) is 0 Å². The second-order valence-corrected chi connectivity index (χ2v) is 8.39. The van der Waals surface area contributed by atoms with Crippen molar-refractivity contribution in [2.75, 3.05) is 0 Å². The molecule has 0 unspecified atom stereocenters. The van der Waals surface area contributed by atoms with E-state index in [1.807, 2.05) is 19.9 Å². The van der Waals surface area contributed by atoms with E-state index in [0.29, 0.717) is 23.5 Å². The summed E-state index contributed by atoms with van der Waals surface area (Å²) in [5.41, 5.74) is 3.37. The molecule has 0 atom stereocenters. The molecule has 1 aromatic heterocycles. The zero-order valence-electron chi connectivity index (χ0n) is 17.8. The number of rotatable bonds is 12. The summed E-state index contributed by atoms with van der Waals surface area (Å²) in [7, 11) is 0. The van der Waals surface area contributed by atoms with Crippen molar-refractivity contribution in [3.8, 4) is 5.75 Å². The van der Waals surface area contributed by atoms with E-state index in [9.17, 15) is 15.3 Å². The normalized spacial score (nSPS) is 12.4. The summed E-state index contributed by atoms with van der Waals surface area (Å²) in [5, 5.41) is 31.3. The molecule has 1 aromatic carbocycles. The third-order valence-electron chi connectivity index (χ3n) is 5.62. The highest BCUT2D eigenvalue weighted by molar-refractivity contribution is 7.10. The number of allylic oxidation sites excluding steroid dienone is 2. The van der Waals surface area contributed by atoms with Gasteiger partial charge in [-0.05, 0) is 77.9 Å². The molecule has 2 rings (SSSR count). The highest BCUT2D eigenvalue weighted by Gasteiger charge is 2.20. The molecule has 0 saturated carbocycles. The van der Waals surface area contributed by atoms with E-state index in [1.165, 1.54) is 11.1 Å². The first-order valence-corrected chi connectivity index (χ1v) is 11.3. The van der Waals surface area contributed by atoms with Gasteiger partial charge in [-0.1, -0.05) is 32.9 Å². The maximum Gasteiger partial charge on any atom is 0.122 e. The average Bonchev–Trinajstić information content (AvgIpc) is 3.23. The van der Waals surface area contributed by atoms with Crippen molar-refractivity contribution in [3.63, 3.8) is 0 Å². The SMILES string of the molecule is CCC(=CCCC(O)(CC)CC)c1csc(COc2ccc(CO)c(CO)c2)c1. The Hall–Kier alpha value is -1.66. The average molecular weight is 419 g/mol. The fourth-order valence-electron chi connectivity index (χ4n) is 3.36. The van der Waals surface area contributed by atoms with Gasteiger partial charge in [-0.3, -0.25) is 0 Å². The van der Waals surface area contributed by atoms with E-state index in [2.05, 4.69) is 24.4 Å². The molecular formula is C24H34O4S. The van der Waals surface area contributed by atoms with Crippen LogP contribution >= 0.6 is 11.3 Å². The Labute approximate surface area is 178 Å². The van der Waals surface area contributed by atoms with Crippen molar-refractivity contribution in [2.45, 2.75) is 78.3 Å². The van der Waals surface area contributed by atoms with Crippen LogP contribution in [0.15, 0.2) is 35.7 Å². The molecule has 0 radical (unpaired) electrons. The lowest BCUT2D eigenvalue weighted by Gasteiger charge is -2.24. The molecule has 160 valence electrons. The maximum absolute atomic E-state index is 10.5. The van der Waals surface area contributed by atoms with E-state index in [4.69, 9.17) is 4.74 Å². The standard InChI is InChI=1S/C24H34O4S/c1-4-18(8-7-11-24(27,5-2)6-3)21-13-23(29-17-21)16-28-22-10-9-19(14-25)20(12-22)15-26/h8-10,12-13,17,25-27H,4-7,11,14-16H2,1-3H3. The van der Waals surface area contributed by atoms with Crippen LogP contribution in [0.5, 0.6) is 5.75 Å². The predicted molar refractivity (Wildman–Crippen MR) is 120 cm³/mol. The maximum atomic E-state index is 10.5. The van der Waals surface area contributed by atoms with Gasteiger partial charge in [-0.2, -0.15) is 0 Å². The smallest absolute Gasteiger partial charge is 0.122 e. The van der Waals surface area contributed by atoms with Gasteiger partial charge in [0.2, 0.25) is 0 Å². The number of aliphatic hydroxyl groups is 3. The zero-order chi connectivity index (χ0) is 21.3. The Morgan fingerprint density at radius 2 is 1.79 bits per heavy atom. The second-order valence-electron chi connectivity index (χ2n) is 7.39. The van der Waals surface area contributed by atoms with Crippen LogP contribution < -0.4 is 4.74 Å². The zero-order valence-corrected chi connectivity index (χ0v) is 18.6. The van der Waals surface area contributed by atoms with Crippen LogP contribution in [-0.4, -0.2) is 20.9 Å². The molecule has 3 N–H and O–H groups in total. The lowest BCUT2D eigenvalue weighted by Crippen LogP contribution is -2.25. The van der Waals surface area contributed by atoms with Gasteiger partial charge in [0.25, 0.3) is 0 Å². The minimum Gasteiger partial charge on any atom is -0.488 e. The van der Waals surface area contributed by atoms with E-state index in [1.54, 1.807) is 23.5 Å². The number of thiophene rings is 1. The molecule has 0 spiro atoms. The van der Waals surface area contributed by atoms with Gasteiger partial charge in [0, 0.05) is 4.88 Å². The fourth-order valence-corrected chi connectivity index (χ4v) is 4.18. The van der Waals surface area contributed by atoms with Crippen LogP contribution in [0.1, 0.15) is 74.4 Å². The molecule has 4 nitrogen and oxygen atoms in total. The van der Waals surface area contributed by atoms with Crippen LogP contribution in [0.2, 0.25) is 0 Å². The molecule has 0 aliphatic rings. The van der Waals surface area contributed by atoms with Crippen molar-refractivity contribution < 1.29 is 20.1 Å². The summed E-state index contributed by atoms with van der Waals surface area (Å²) in [5.74, 6) is 0.686. The third kappa shape index (κ3) is 6.68. The molecule has 2 aromatic rings. The van der Waals surface area contributed by atoms with Gasteiger partial charge < -0.3 is 20.1 Å². The summed E-state index contributed by atoms with van der Waals surface area (Å²) in [6.07, 6.45) is 6.46. The summed E-state index contributed by atoms with van der Waals surface area (Å²) in [6, 6.07) is 7.55. The van der Waals surface area contributed by atoms with Crippen LogP contribution in [-0.2, 0) is 19.8 Å². The van der Waals surface area contributed by atoms with Crippen LogP contribution in [0, 0.1) is 0 Å². The van der Waals surface area contributed by atoms with Gasteiger partial charge in [0.1, 0.15) is 12.4 Å². The Balaban J connectivity index is 1.99. The Morgan fingerprint density at radius 3 is 2.41 bits per heavy atom. The summed E-state index contributed by atoms with van der Waals surface area (Å²) in [4.78, 5) is 1.13. The van der Waals surface area contributed by atoms with Crippen molar-refractivity contribution in [3.05, 3.63) is 57.3 Å². The second kappa shape index (κ2) is 11.5. The Kier molecular flexibility index (Phi) is 9.37. The van der Waals surface area contributed by atoms with Gasteiger partial charge in [0.15, 0.2) is 0 Å². The van der Waals surface area contributed by atoms with E-state index in [-0.39, 0.29) is 13.2 Å². The summed E-state index contributed by atoms with van der Waals surface area (Å²) >= 11 is 1.67. The summed E-state index contributed by atoms with van der Waals surface area (Å²) in [6.45, 7) is 6.50. The monoisotopic (exact) mass is 418 g/mol. The fraction of sp³-hybridized carbons (Fsp3) is 0.500. The van der Waals surface area contributed by atoms with Crippen LogP contribution in [0.25, 0.3) is 5.57 Å². The van der Waals surface area contributed by atoms with Crippen molar-refractivity contribution >= 4 is 16.9 Å². The summed E-state index contributed by atoms with van der Waals surface area (Å²) < 4.78 is 5.88. The minimum atomic E-state index is -0.554. The molecule has 0 amide bonds. The Morgan fingerprint density at radius 1 is 1.07 bits per heavy atom. The Bertz CT molecular complexity index is 790. The number of hydrogen-bond acceptors (Lipinski definition) is 5. The van der Waals surface area contributed by atoms with Gasteiger partial charge >= 0.3 is 0 Å². The highest BCUT2D eigenvalue weighted by Crippen LogP contribution is 2.28. The van der Waals surface area contributed by atoms with E-state index >= 15 is 0 Å². The minimum absolute atomic E-state index is 0.0928. The van der Waals surface area contributed by atoms with Gasteiger partial charge in [0.05, 0.1) is 18.8 Å². The largest absolute Gasteiger partial charge is 0.488 e. The van der Waals surface area contributed by atoms with Gasteiger partial charge in [-0.15, -0.1) is 11.3 Å². The number of aliphatic hydroxyl groups excluding tert-OH is 2. The first kappa shape index (κ1) is 23.6. The molecular weight excluding hydrogens is 384 g/mol. The molecule has 0 aliphatic heterocycles. The topological polar surface area (TPSA) is 69.9 Å². The van der Waals surface area contributed by atoms with E-state index in [0.717, 1.165) is 37.0 Å². The van der Waals surface area contributed by atoms with Crippen molar-refractivity contribution in [2.24, 2.45) is 0 Å². The van der Waals surface area contributed by atoms with E-state index < -0.39 is 5.60 Å². The number of benzene rings is 1. The third-order valence-corrected chi connectivity index (χ3v) is 6.53. The quantitative estimate of drug-likeness (QED) is 0.429. The lowest BCUT2D eigenvalue weighted by molar-refractivity contribution is 0.0246. The predicted octanol–water partition coefficient (Wildman–Crippen LogP) is 5.44. The molecule has 0 aliphatic carbocycles. The number of ether oxygens (including phenoxy) is 1.